The number of benzene rings is 1. The van der Waals surface area contributed by atoms with Gasteiger partial charge < -0.3 is 5.32 Å². The van der Waals surface area contributed by atoms with Crippen LogP contribution < -0.4 is 10.0 Å². The number of aryl methyl sites for hydroxylation is 1. The second-order valence-electron chi connectivity index (χ2n) is 5.75. The highest BCUT2D eigenvalue weighted by Crippen LogP contribution is 2.36. The quantitative estimate of drug-likeness (QED) is 0.754. The lowest BCUT2D eigenvalue weighted by molar-refractivity contribution is 0.291. The Morgan fingerprint density at radius 3 is 2.40 bits per heavy atom. The lowest BCUT2D eigenvalue weighted by Gasteiger charge is -2.36. The lowest BCUT2D eigenvalue weighted by atomic mass is 9.76. The molecule has 0 amide bonds. The number of hydrogen-bond acceptors (Lipinski definition) is 3. The average Bonchev–Trinajstić information content (AvgIpc) is 2.31. The molecule has 4 nitrogen and oxygen atoms in total. The van der Waals surface area contributed by atoms with Gasteiger partial charge in [-0.25, -0.2) is 13.1 Å². The zero-order valence-corrected chi connectivity index (χ0v) is 13.0. The van der Waals surface area contributed by atoms with E-state index in [1.54, 1.807) is 0 Å². The summed E-state index contributed by atoms with van der Waals surface area (Å²) in [4.78, 5) is 0. The van der Waals surface area contributed by atoms with Crippen molar-refractivity contribution in [3.63, 3.8) is 0 Å². The summed E-state index contributed by atoms with van der Waals surface area (Å²) in [5.74, 6) is 0.683. The van der Waals surface area contributed by atoms with Crippen LogP contribution in [0, 0.1) is 6.92 Å². The molecule has 20 heavy (non-hydrogen) atoms. The minimum atomic E-state index is -3.04. The fraction of sp³-hybridized carbons (Fsp3) is 0.600. The molecule has 5 heteroatoms. The molecule has 0 spiro atoms. The van der Waals surface area contributed by atoms with Gasteiger partial charge in [-0.3, -0.25) is 0 Å². The molecule has 1 aliphatic rings. The van der Waals surface area contributed by atoms with Gasteiger partial charge >= 0.3 is 0 Å². The molecule has 2 N–H and O–H groups in total. The number of sulfonamides is 1. The van der Waals surface area contributed by atoms with Crippen LogP contribution >= 0.6 is 0 Å². The highest BCUT2D eigenvalue weighted by Gasteiger charge is 2.29. The Morgan fingerprint density at radius 2 is 1.80 bits per heavy atom. The van der Waals surface area contributed by atoms with Crippen LogP contribution in [0.3, 0.4) is 0 Å². The first-order valence-corrected chi connectivity index (χ1v) is 9.08. The molecule has 0 aliphatic heterocycles. The third-order valence-electron chi connectivity index (χ3n) is 3.84. The van der Waals surface area contributed by atoms with Crippen LogP contribution in [0.4, 0.5) is 0 Å². The van der Waals surface area contributed by atoms with Gasteiger partial charge in [0.05, 0.1) is 6.26 Å². The summed E-state index contributed by atoms with van der Waals surface area (Å²) in [6.45, 7) is 3.49. The molecule has 1 fully saturated rings. The molecule has 0 heterocycles. The van der Waals surface area contributed by atoms with E-state index in [-0.39, 0.29) is 0 Å². The molecule has 0 radical (unpaired) electrons. The zero-order valence-electron chi connectivity index (χ0n) is 12.2. The zero-order chi connectivity index (χ0) is 14.6. The van der Waals surface area contributed by atoms with Crippen LogP contribution in [-0.2, 0) is 10.0 Å². The summed E-state index contributed by atoms with van der Waals surface area (Å²) in [6, 6.07) is 9.39. The van der Waals surface area contributed by atoms with Crippen molar-refractivity contribution in [2.75, 3.05) is 19.3 Å². The van der Waals surface area contributed by atoms with Gasteiger partial charge in [-0.1, -0.05) is 29.8 Å². The molecule has 1 aromatic rings. The van der Waals surface area contributed by atoms with E-state index in [1.807, 2.05) is 0 Å². The van der Waals surface area contributed by atoms with E-state index >= 15 is 0 Å². The second-order valence-corrected chi connectivity index (χ2v) is 7.58. The number of nitrogens with one attached hydrogen (secondary N) is 2. The van der Waals surface area contributed by atoms with Gasteiger partial charge in [0.2, 0.25) is 10.0 Å². The summed E-state index contributed by atoms with van der Waals surface area (Å²) in [5, 5.41) is 3.48. The molecular formula is C15H24N2O2S. The molecule has 1 saturated carbocycles. The van der Waals surface area contributed by atoms with Crippen LogP contribution in [0.25, 0.3) is 0 Å². The molecular weight excluding hydrogens is 272 g/mol. The van der Waals surface area contributed by atoms with Crippen molar-refractivity contribution in [3.8, 4) is 0 Å². The van der Waals surface area contributed by atoms with Crippen LogP contribution in [0.15, 0.2) is 24.3 Å². The summed E-state index contributed by atoms with van der Waals surface area (Å²) >= 11 is 0. The van der Waals surface area contributed by atoms with Gasteiger partial charge in [0.15, 0.2) is 0 Å². The Labute approximate surface area is 122 Å². The molecule has 112 valence electrons. The van der Waals surface area contributed by atoms with Crippen molar-refractivity contribution in [2.24, 2.45) is 0 Å². The highest BCUT2D eigenvalue weighted by molar-refractivity contribution is 7.88. The van der Waals surface area contributed by atoms with Crippen molar-refractivity contribution >= 4 is 10.0 Å². The van der Waals surface area contributed by atoms with E-state index in [4.69, 9.17) is 0 Å². The summed E-state index contributed by atoms with van der Waals surface area (Å²) < 4.78 is 24.3. The Morgan fingerprint density at radius 1 is 1.15 bits per heavy atom. The van der Waals surface area contributed by atoms with Gasteiger partial charge in [0.1, 0.15) is 0 Å². The molecule has 0 saturated heterocycles. The first-order chi connectivity index (χ1) is 9.44. The maximum absolute atomic E-state index is 10.9. The monoisotopic (exact) mass is 296 g/mol. The van der Waals surface area contributed by atoms with Crippen LogP contribution in [0.1, 0.15) is 36.3 Å². The van der Waals surface area contributed by atoms with E-state index < -0.39 is 10.0 Å². The first-order valence-electron chi connectivity index (χ1n) is 7.18. The van der Waals surface area contributed by atoms with Crippen molar-refractivity contribution in [1.29, 1.82) is 0 Å². The topological polar surface area (TPSA) is 58.2 Å². The average molecular weight is 296 g/mol. The molecule has 0 atom stereocenters. The van der Waals surface area contributed by atoms with Crippen LogP contribution in [0.2, 0.25) is 0 Å². The maximum atomic E-state index is 10.9. The first kappa shape index (κ1) is 15.5. The van der Waals surface area contributed by atoms with Gasteiger partial charge in [-0.15, -0.1) is 0 Å². The predicted octanol–water partition coefficient (Wildman–Crippen LogP) is 1.77. The van der Waals surface area contributed by atoms with Crippen molar-refractivity contribution in [1.82, 2.24) is 10.0 Å². The summed E-state index contributed by atoms with van der Waals surface area (Å²) in [7, 11) is -3.04. The highest BCUT2D eigenvalue weighted by atomic mass is 32.2. The van der Waals surface area contributed by atoms with E-state index in [0.29, 0.717) is 18.5 Å². The summed E-state index contributed by atoms with van der Waals surface area (Å²) in [6.07, 6.45) is 4.39. The third kappa shape index (κ3) is 4.89. The maximum Gasteiger partial charge on any atom is 0.208 e. The Balaban J connectivity index is 1.59. The van der Waals surface area contributed by atoms with Gasteiger partial charge in [0.25, 0.3) is 0 Å². The molecule has 0 unspecified atom stereocenters. The molecule has 1 aromatic carbocycles. The molecule has 0 bridgehead atoms. The van der Waals surface area contributed by atoms with E-state index in [1.165, 1.54) is 30.2 Å². The van der Waals surface area contributed by atoms with Crippen molar-refractivity contribution in [2.45, 2.75) is 38.1 Å². The Bertz CT molecular complexity index is 519. The number of rotatable bonds is 7. The smallest absolute Gasteiger partial charge is 0.208 e. The van der Waals surface area contributed by atoms with Crippen LogP contribution in [-0.4, -0.2) is 33.8 Å². The molecule has 1 aliphatic carbocycles. The van der Waals surface area contributed by atoms with Gasteiger partial charge in [0, 0.05) is 12.6 Å². The lowest BCUT2D eigenvalue weighted by Crippen LogP contribution is -2.41. The minimum Gasteiger partial charge on any atom is -0.314 e. The largest absolute Gasteiger partial charge is 0.314 e. The van der Waals surface area contributed by atoms with E-state index in [0.717, 1.165) is 13.0 Å². The Kier molecular flexibility index (Phi) is 5.18. The fourth-order valence-electron chi connectivity index (χ4n) is 2.55. The standard InChI is InChI=1S/C15H24N2O2S/c1-12-4-6-13(7-5-12)14-10-15(11-14)16-8-3-9-17-20(2,18)19/h4-7,14-17H,3,8-11H2,1-2H3. The third-order valence-corrected chi connectivity index (χ3v) is 4.57. The van der Waals surface area contributed by atoms with Crippen LogP contribution in [0.5, 0.6) is 0 Å². The van der Waals surface area contributed by atoms with Gasteiger partial charge in [-0.05, 0) is 44.2 Å². The van der Waals surface area contributed by atoms with Crippen molar-refractivity contribution in [3.05, 3.63) is 35.4 Å². The number of hydrogen-bond donors (Lipinski definition) is 2. The van der Waals surface area contributed by atoms with E-state index in [2.05, 4.69) is 41.2 Å². The predicted molar refractivity (Wildman–Crippen MR) is 82.4 cm³/mol. The van der Waals surface area contributed by atoms with Gasteiger partial charge in [-0.2, -0.15) is 0 Å². The Hall–Kier alpha value is -0.910. The summed E-state index contributed by atoms with van der Waals surface area (Å²) in [5.41, 5.74) is 2.74. The van der Waals surface area contributed by atoms with Crippen molar-refractivity contribution < 1.29 is 8.42 Å². The molecule has 2 rings (SSSR count). The minimum absolute atomic E-state index is 0.514. The second kappa shape index (κ2) is 6.70. The van der Waals surface area contributed by atoms with E-state index in [9.17, 15) is 8.42 Å². The normalized spacial score (nSPS) is 22.5. The fourth-order valence-corrected chi connectivity index (χ4v) is 3.06. The molecule has 0 aromatic heterocycles. The SMILES string of the molecule is Cc1ccc(C2CC(NCCCNS(C)(=O)=O)C2)cc1.